The first-order valence-corrected chi connectivity index (χ1v) is 7.79. The van der Waals surface area contributed by atoms with Crippen LogP contribution in [0, 0.1) is 21.8 Å². The molecule has 1 aliphatic rings. The summed E-state index contributed by atoms with van der Waals surface area (Å²) in [6.07, 6.45) is 0.555. The second kappa shape index (κ2) is 5.66. The minimum Gasteiger partial charge on any atom is -0.395 e. The van der Waals surface area contributed by atoms with Crippen LogP contribution in [0.4, 0.5) is 10.1 Å². The third-order valence-electron chi connectivity index (χ3n) is 3.72. The van der Waals surface area contributed by atoms with Crippen molar-refractivity contribution in [2.75, 3.05) is 13.2 Å². The molecule has 1 aromatic carbocycles. The lowest BCUT2D eigenvalue weighted by atomic mass is 10.0. The molecular weight excluding hydrogens is 303 g/mol. The van der Waals surface area contributed by atoms with Gasteiger partial charge in [-0.2, -0.15) is 4.31 Å². The van der Waals surface area contributed by atoms with Crippen molar-refractivity contribution in [2.45, 2.75) is 24.3 Å². The van der Waals surface area contributed by atoms with Crippen LogP contribution < -0.4 is 0 Å². The topological polar surface area (TPSA) is 101 Å². The van der Waals surface area contributed by atoms with Crippen LogP contribution in [0.2, 0.25) is 0 Å². The van der Waals surface area contributed by atoms with Gasteiger partial charge in [0, 0.05) is 6.54 Å². The molecule has 1 N–H and O–H groups in total. The molecule has 1 fully saturated rings. The highest BCUT2D eigenvalue weighted by atomic mass is 32.2. The largest absolute Gasteiger partial charge is 0.395 e. The minimum atomic E-state index is -4.16. The van der Waals surface area contributed by atoms with E-state index < -0.39 is 37.4 Å². The number of halogens is 1. The standard InChI is InChI=1S/C12H15FN2O5S/c1-8-4-5-14(11(8)7-16)21(19,20)12-3-2-9(13)6-10(12)15(17)18/h2-3,6,8,11,16H,4-5,7H2,1H3. The van der Waals surface area contributed by atoms with Crippen molar-refractivity contribution < 1.29 is 22.8 Å². The zero-order chi connectivity index (χ0) is 15.8. The van der Waals surface area contributed by atoms with E-state index in [2.05, 4.69) is 0 Å². The molecular formula is C12H15FN2O5S. The van der Waals surface area contributed by atoms with Gasteiger partial charge in [-0.15, -0.1) is 0 Å². The van der Waals surface area contributed by atoms with Gasteiger partial charge in [0.15, 0.2) is 4.90 Å². The van der Waals surface area contributed by atoms with E-state index in [-0.39, 0.29) is 19.1 Å². The van der Waals surface area contributed by atoms with Crippen LogP contribution in [0.25, 0.3) is 0 Å². The third kappa shape index (κ3) is 2.76. The predicted molar refractivity (Wildman–Crippen MR) is 71.6 cm³/mol. The average molecular weight is 318 g/mol. The van der Waals surface area contributed by atoms with Crippen molar-refractivity contribution >= 4 is 15.7 Å². The molecule has 2 rings (SSSR count). The molecule has 0 bridgehead atoms. The van der Waals surface area contributed by atoms with E-state index in [1.807, 2.05) is 0 Å². The van der Waals surface area contributed by atoms with Crippen molar-refractivity contribution in [2.24, 2.45) is 5.92 Å². The highest BCUT2D eigenvalue weighted by molar-refractivity contribution is 7.89. The lowest BCUT2D eigenvalue weighted by Gasteiger charge is -2.24. The molecule has 1 saturated heterocycles. The maximum Gasteiger partial charge on any atom is 0.292 e. The highest BCUT2D eigenvalue weighted by Crippen LogP contribution is 2.33. The summed E-state index contributed by atoms with van der Waals surface area (Å²) in [7, 11) is -4.16. The fraction of sp³-hybridized carbons (Fsp3) is 0.500. The van der Waals surface area contributed by atoms with Gasteiger partial charge in [-0.3, -0.25) is 10.1 Å². The quantitative estimate of drug-likeness (QED) is 0.662. The van der Waals surface area contributed by atoms with Crippen LogP contribution in [0.3, 0.4) is 0 Å². The molecule has 0 aliphatic carbocycles. The van der Waals surface area contributed by atoms with Crippen molar-refractivity contribution in [1.29, 1.82) is 0 Å². The average Bonchev–Trinajstić information content (AvgIpc) is 2.80. The number of benzene rings is 1. The maximum atomic E-state index is 13.1. The number of rotatable bonds is 4. The van der Waals surface area contributed by atoms with Crippen LogP contribution >= 0.6 is 0 Å². The van der Waals surface area contributed by atoms with E-state index in [1.165, 1.54) is 0 Å². The van der Waals surface area contributed by atoms with Gasteiger partial charge in [0.05, 0.1) is 23.6 Å². The summed E-state index contributed by atoms with van der Waals surface area (Å²) in [4.78, 5) is 9.48. The molecule has 2 unspecified atom stereocenters. The Morgan fingerprint density at radius 1 is 1.52 bits per heavy atom. The molecule has 0 saturated carbocycles. The Balaban J connectivity index is 2.52. The molecule has 116 valence electrons. The van der Waals surface area contributed by atoms with E-state index >= 15 is 0 Å². The summed E-state index contributed by atoms with van der Waals surface area (Å²) in [6.45, 7) is 1.61. The van der Waals surface area contributed by atoms with Crippen LogP contribution in [0.15, 0.2) is 23.1 Å². The van der Waals surface area contributed by atoms with E-state index in [0.717, 1.165) is 16.4 Å². The van der Waals surface area contributed by atoms with Crippen LogP contribution in [-0.4, -0.2) is 41.9 Å². The summed E-state index contributed by atoms with van der Waals surface area (Å²) in [5.41, 5.74) is -0.800. The number of nitro groups is 1. The lowest BCUT2D eigenvalue weighted by Crippen LogP contribution is -2.40. The molecule has 7 nitrogen and oxygen atoms in total. The number of nitro benzene ring substituents is 1. The first-order chi connectivity index (χ1) is 9.78. The molecule has 1 aliphatic heterocycles. The number of aliphatic hydroxyl groups excluding tert-OH is 1. The minimum absolute atomic E-state index is 0.0516. The number of sulfonamides is 1. The van der Waals surface area contributed by atoms with Gasteiger partial charge in [0.2, 0.25) is 10.0 Å². The van der Waals surface area contributed by atoms with Crippen LogP contribution in [0.5, 0.6) is 0 Å². The molecule has 9 heteroatoms. The van der Waals surface area contributed by atoms with E-state index in [1.54, 1.807) is 6.92 Å². The Morgan fingerprint density at radius 2 is 2.19 bits per heavy atom. The predicted octanol–water partition coefficient (Wildman–Crippen LogP) is 1.13. The number of nitrogens with zero attached hydrogens (tertiary/aromatic N) is 2. The Hall–Kier alpha value is -1.58. The van der Waals surface area contributed by atoms with Crippen LogP contribution in [-0.2, 0) is 10.0 Å². The molecule has 1 heterocycles. The van der Waals surface area contributed by atoms with Gasteiger partial charge in [-0.25, -0.2) is 12.8 Å². The zero-order valence-electron chi connectivity index (χ0n) is 11.3. The normalized spacial score (nSPS) is 23.4. The lowest BCUT2D eigenvalue weighted by molar-refractivity contribution is -0.388. The second-order valence-corrected chi connectivity index (χ2v) is 6.86. The molecule has 0 amide bonds. The Kier molecular flexibility index (Phi) is 4.26. The van der Waals surface area contributed by atoms with Crippen LogP contribution in [0.1, 0.15) is 13.3 Å². The first kappa shape index (κ1) is 15.8. The van der Waals surface area contributed by atoms with E-state index in [0.29, 0.717) is 12.5 Å². The van der Waals surface area contributed by atoms with Gasteiger partial charge in [-0.05, 0) is 24.5 Å². The smallest absolute Gasteiger partial charge is 0.292 e. The highest BCUT2D eigenvalue weighted by Gasteiger charge is 2.41. The molecule has 21 heavy (non-hydrogen) atoms. The van der Waals surface area contributed by atoms with Gasteiger partial charge < -0.3 is 5.11 Å². The Bertz CT molecular complexity index is 664. The number of aliphatic hydroxyl groups is 1. The molecule has 0 radical (unpaired) electrons. The fourth-order valence-corrected chi connectivity index (χ4v) is 4.39. The fourth-order valence-electron chi connectivity index (χ4n) is 2.52. The second-order valence-electron chi connectivity index (χ2n) is 5.00. The summed E-state index contributed by atoms with van der Waals surface area (Å²) < 4.78 is 39.3. The van der Waals surface area contributed by atoms with Crippen molar-refractivity contribution in [3.63, 3.8) is 0 Å². The van der Waals surface area contributed by atoms with Gasteiger partial charge in [-0.1, -0.05) is 6.92 Å². The zero-order valence-corrected chi connectivity index (χ0v) is 12.1. The maximum absolute atomic E-state index is 13.1. The van der Waals surface area contributed by atoms with Gasteiger partial charge in [0.1, 0.15) is 5.82 Å². The van der Waals surface area contributed by atoms with E-state index in [4.69, 9.17) is 0 Å². The number of hydrogen-bond acceptors (Lipinski definition) is 5. The molecule has 1 aromatic rings. The first-order valence-electron chi connectivity index (χ1n) is 6.35. The monoisotopic (exact) mass is 318 g/mol. The Labute approximate surface area is 121 Å². The van der Waals surface area contributed by atoms with Gasteiger partial charge >= 0.3 is 0 Å². The van der Waals surface area contributed by atoms with Crippen molar-refractivity contribution in [3.05, 3.63) is 34.1 Å². The SMILES string of the molecule is CC1CCN(S(=O)(=O)c2ccc(F)cc2[N+](=O)[O-])C1CO. The summed E-state index contributed by atoms with van der Waals surface area (Å²) in [6, 6.07) is 1.72. The van der Waals surface area contributed by atoms with E-state index in [9.17, 15) is 28.0 Å². The molecule has 0 aromatic heterocycles. The summed E-state index contributed by atoms with van der Waals surface area (Å²) in [5, 5.41) is 20.3. The summed E-state index contributed by atoms with van der Waals surface area (Å²) in [5.74, 6) is -0.932. The van der Waals surface area contributed by atoms with Crippen molar-refractivity contribution in [3.8, 4) is 0 Å². The van der Waals surface area contributed by atoms with Gasteiger partial charge in [0.25, 0.3) is 5.69 Å². The van der Waals surface area contributed by atoms with Crippen molar-refractivity contribution in [1.82, 2.24) is 4.31 Å². The molecule has 0 spiro atoms. The number of hydrogen-bond donors (Lipinski definition) is 1. The third-order valence-corrected chi connectivity index (χ3v) is 5.69. The summed E-state index contributed by atoms with van der Waals surface area (Å²) >= 11 is 0. The Morgan fingerprint density at radius 3 is 2.76 bits per heavy atom. The molecule has 2 atom stereocenters.